The summed E-state index contributed by atoms with van der Waals surface area (Å²) in [6, 6.07) is 10.0. The Bertz CT molecular complexity index is 849. The zero-order chi connectivity index (χ0) is 20.3. The van der Waals surface area contributed by atoms with E-state index in [1.165, 1.54) is 12.1 Å². The largest absolute Gasteiger partial charge is 0.486 e. The number of alkyl halides is 3. The molecule has 2 aromatic carbocycles. The lowest BCUT2D eigenvalue weighted by Gasteiger charge is -2.25. The van der Waals surface area contributed by atoms with Crippen LogP contribution in [0.3, 0.4) is 0 Å². The quantitative estimate of drug-likeness (QED) is 0.812. The van der Waals surface area contributed by atoms with Gasteiger partial charge in [0.1, 0.15) is 13.2 Å². The monoisotopic (exact) mass is 393 g/mol. The summed E-state index contributed by atoms with van der Waals surface area (Å²) < 4.78 is 49.7. The van der Waals surface area contributed by atoms with Crippen LogP contribution in [-0.4, -0.2) is 19.1 Å². The molecule has 1 aliphatic heterocycles. The van der Waals surface area contributed by atoms with Crippen molar-refractivity contribution in [3.8, 4) is 11.5 Å². The van der Waals surface area contributed by atoms with Gasteiger partial charge in [0.05, 0.1) is 18.0 Å². The van der Waals surface area contributed by atoms with Crippen molar-refractivity contribution in [3.63, 3.8) is 0 Å². The highest BCUT2D eigenvalue weighted by Crippen LogP contribution is 2.34. The Morgan fingerprint density at radius 2 is 1.79 bits per heavy atom. The number of amides is 1. The van der Waals surface area contributed by atoms with E-state index in [1.807, 2.05) is 26.0 Å². The Hall–Kier alpha value is -2.70. The predicted octanol–water partition coefficient (Wildman–Crippen LogP) is 4.53. The molecule has 3 rings (SSSR count). The number of fused-ring (bicyclic) bond motifs is 1. The molecule has 28 heavy (non-hydrogen) atoms. The second-order valence-electron chi connectivity index (χ2n) is 7.07. The summed E-state index contributed by atoms with van der Waals surface area (Å²) in [5.41, 5.74) is 0.415. The van der Waals surface area contributed by atoms with Gasteiger partial charge in [-0.05, 0) is 35.2 Å². The topological polar surface area (TPSA) is 47.6 Å². The first-order chi connectivity index (χ1) is 13.2. The summed E-state index contributed by atoms with van der Waals surface area (Å²) >= 11 is 0. The second-order valence-corrected chi connectivity index (χ2v) is 7.07. The summed E-state index contributed by atoms with van der Waals surface area (Å²) in [5, 5.41) is 2.93. The molecule has 7 heteroatoms. The lowest BCUT2D eigenvalue weighted by atomic mass is 9.95. The number of halogens is 3. The summed E-state index contributed by atoms with van der Waals surface area (Å²) in [6.07, 6.45) is -4.56. The van der Waals surface area contributed by atoms with Crippen LogP contribution in [0.15, 0.2) is 42.5 Å². The van der Waals surface area contributed by atoms with Gasteiger partial charge in [-0.15, -0.1) is 0 Å². The van der Waals surface area contributed by atoms with E-state index in [-0.39, 0.29) is 24.3 Å². The van der Waals surface area contributed by atoms with Crippen LogP contribution >= 0.6 is 0 Å². The van der Waals surface area contributed by atoms with Crippen LogP contribution < -0.4 is 14.8 Å². The normalized spacial score (nSPS) is 14.6. The number of carbonyl (C=O) groups is 1. The van der Waals surface area contributed by atoms with Crippen LogP contribution in [0.2, 0.25) is 0 Å². The third-order valence-electron chi connectivity index (χ3n) is 4.53. The Kier molecular flexibility index (Phi) is 5.82. The number of benzene rings is 2. The molecule has 1 aliphatic rings. The minimum Gasteiger partial charge on any atom is -0.486 e. The molecule has 0 radical (unpaired) electrons. The van der Waals surface area contributed by atoms with Gasteiger partial charge in [0.25, 0.3) is 0 Å². The molecular formula is C21H22F3NO3. The third-order valence-corrected chi connectivity index (χ3v) is 4.53. The Morgan fingerprint density at radius 3 is 2.46 bits per heavy atom. The van der Waals surface area contributed by atoms with Crippen LogP contribution in [0, 0.1) is 5.92 Å². The van der Waals surface area contributed by atoms with Gasteiger partial charge in [-0.2, -0.15) is 13.2 Å². The van der Waals surface area contributed by atoms with Gasteiger partial charge in [-0.3, -0.25) is 4.79 Å². The van der Waals surface area contributed by atoms with Gasteiger partial charge in [0.15, 0.2) is 11.5 Å². The standard InChI is InChI=1S/C21H22F3NO3/c1-13(2)20(15-6-7-17-18(12-15)28-9-8-27-17)25-19(26)11-14-4-3-5-16(10-14)21(22,23)24/h3-7,10,12-13,20H,8-9,11H2,1-2H3,(H,25,26). The van der Waals surface area contributed by atoms with Crippen LogP contribution in [0.4, 0.5) is 13.2 Å². The van der Waals surface area contributed by atoms with E-state index in [4.69, 9.17) is 9.47 Å². The summed E-state index contributed by atoms with van der Waals surface area (Å²) in [7, 11) is 0. The molecule has 1 heterocycles. The Labute approximate surface area is 161 Å². The SMILES string of the molecule is CC(C)C(NC(=O)Cc1cccc(C(F)(F)F)c1)c1ccc2c(c1)OCCO2. The molecule has 150 valence electrons. The maximum absolute atomic E-state index is 12.9. The van der Waals surface area contributed by atoms with Crippen molar-refractivity contribution in [2.45, 2.75) is 32.5 Å². The maximum atomic E-state index is 12.9. The Morgan fingerprint density at radius 1 is 1.07 bits per heavy atom. The summed E-state index contributed by atoms with van der Waals surface area (Å²) in [6.45, 7) is 4.89. The molecule has 1 unspecified atom stereocenters. The maximum Gasteiger partial charge on any atom is 0.416 e. The van der Waals surface area contributed by atoms with Crippen LogP contribution in [0.5, 0.6) is 11.5 Å². The number of ether oxygens (including phenoxy) is 2. The lowest BCUT2D eigenvalue weighted by Crippen LogP contribution is -2.33. The summed E-state index contributed by atoms with van der Waals surface area (Å²) in [4.78, 5) is 12.5. The molecule has 0 bridgehead atoms. The van der Waals surface area contributed by atoms with Gasteiger partial charge in [-0.25, -0.2) is 0 Å². The number of rotatable bonds is 5. The highest BCUT2D eigenvalue weighted by Gasteiger charge is 2.30. The van der Waals surface area contributed by atoms with Crippen molar-refractivity contribution in [2.24, 2.45) is 5.92 Å². The lowest BCUT2D eigenvalue weighted by molar-refractivity contribution is -0.137. The first-order valence-electron chi connectivity index (χ1n) is 9.09. The minimum absolute atomic E-state index is 0.0769. The molecule has 0 spiro atoms. The van der Waals surface area contributed by atoms with Crippen LogP contribution in [0.1, 0.15) is 36.6 Å². The average Bonchev–Trinajstić information content (AvgIpc) is 2.65. The fourth-order valence-corrected chi connectivity index (χ4v) is 3.16. The fraction of sp³-hybridized carbons (Fsp3) is 0.381. The van der Waals surface area contributed by atoms with E-state index in [0.29, 0.717) is 30.3 Å². The number of nitrogens with one attached hydrogen (secondary N) is 1. The van der Waals surface area contributed by atoms with E-state index in [0.717, 1.165) is 17.7 Å². The smallest absolute Gasteiger partial charge is 0.416 e. The molecule has 2 aromatic rings. The van der Waals surface area contributed by atoms with Crippen molar-refractivity contribution in [1.82, 2.24) is 5.32 Å². The molecule has 0 saturated heterocycles. The predicted molar refractivity (Wildman–Crippen MR) is 98.3 cm³/mol. The molecule has 1 N–H and O–H groups in total. The zero-order valence-electron chi connectivity index (χ0n) is 15.7. The second kappa shape index (κ2) is 8.12. The first kappa shape index (κ1) is 20.0. The fourth-order valence-electron chi connectivity index (χ4n) is 3.16. The molecule has 1 amide bonds. The van der Waals surface area contributed by atoms with Gasteiger partial charge >= 0.3 is 6.18 Å². The zero-order valence-corrected chi connectivity index (χ0v) is 15.7. The molecule has 0 fully saturated rings. The minimum atomic E-state index is -4.43. The van der Waals surface area contributed by atoms with E-state index < -0.39 is 11.7 Å². The molecule has 0 aliphatic carbocycles. The number of carbonyl (C=O) groups excluding carboxylic acids is 1. The van der Waals surface area contributed by atoms with Crippen molar-refractivity contribution in [3.05, 3.63) is 59.2 Å². The van der Waals surface area contributed by atoms with E-state index in [2.05, 4.69) is 5.32 Å². The average molecular weight is 393 g/mol. The van der Waals surface area contributed by atoms with E-state index in [9.17, 15) is 18.0 Å². The van der Waals surface area contributed by atoms with Gasteiger partial charge < -0.3 is 14.8 Å². The van der Waals surface area contributed by atoms with Crippen molar-refractivity contribution in [2.75, 3.05) is 13.2 Å². The highest BCUT2D eigenvalue weighted by atomic mass is 19.4. The molecule has 1 atom stereocenters. The first-order valence-corrected chi connectivity index (χ1v) is 9.09. The van der Waals surface area contributed by atoms with Gasteiger partial charge in [0, 0.05) is 0 Å². The molecular weight excluding hydrogens is 371 g/mol. The van der Waals surface area contributed by atoms with Crippen LogP contribution in [-0.2, 0) is 17.4 Å². The Balaban J connectivity index is 1.73. The third kappa shape index (κ3) is 4.77. The van der Waals surface area contributed by atoms with Crippen LogP contribution in [0.25, 0.3) is 0 Å². The molecule has 0 saturated carbocycles. The summed E-state index contributed by atoms with van der Waals surface area (Å²) in [5.74, 6) is 1.02. The van der Waals surface area contributed by atoms with E-state index in [1.54, 1.807) is 6.07 Å². The van der Waals surface area contributed by atoms with Crippen molar-refractivity contribution in [1.29, 1.82) is 0 Å². The molecule has 0 aromatic heterocycles. The molecule has 4 nitrogen and oxygen atoms in total. The van der Waals surface area contributed by atoms with Crippen molar-refractivity contribution < 1.29 is 27.4 Å². The van der Waals surface area contributed by atoms with Gasteiger partial charge in [-0.1, -0.05) is 38.1 Å². The number of hydrogen-bond donors (Lipinski definition) is 1. The van der Waals surface area contributed by atoms with Crippen molar-refractivity contribution >= 4 is 5.91 Å². The van der Waals surface area contributed by atoms with E-state index >= 15 is 0 Å². The van der Waals surface area contributed by atoms with Gasteiger partial charge in [0.2, 0.25) is 5.91 Å². The number of hydrogen-bond acceptors (Lipinski definition) is 3. The highest BCUT2D eigenvalue weighted by molar-refractivity contribution is 5.79.